The van der Waals surface area contributed by atoms with Crippen LogP contribution in [0.3, 0.4) is 0 Å². The molecule has 0 aliphatic carbocycles. The molecule has 0 saturated heterocycles. The van der Waals surface area contributed by atoms with Crippen molar-refractivity contribution in [2.75, 3.05) is 34.4 Å². The van der Waals surface area contributed by atoms with Gasteiger partial charge in [-0.3, -0.25) is 4.99 Å². The molecular formula is C20H31IN4O2S. The zero-order valence-electron chi connectivity index (χ0n) is 17.2. The molecule has 1 aromatic heterocycles. The normalized spacial score (nSPS) is 11.1. The fourth-order valence-corrected chi connectivity index (χ4v) is 3.46. The Morgan fingerprint density at radius 1 is 1.11 bits per heavy atom. The van der Waals surface area contributed by atoms with Gasteiger partial charge in [0.05, 0.1) is 24.9 Å². The number of nitrogens with one attached hydrogen (secondary N) is 2. The van der Waals surface area contributed by atoms with Gasteiger partial charge in [0.25, 0.3) is 0 Å². The van der Waals surface area contributed by atoms with Gasteiger partial charge in [-0.2, -0.15) is 0 Å². The van der Waals surface area contributed by atoms with Gasteiger partial charge in [-0.25, -0.2) is 4.98 Å². The van der Waals surface area contributed by atoms with Crippen molar-refractivity contribution >= 4 is 41.3 Å². The second-order valence-electron chi connectivity index (χ2n) is 6.45. The van der Waals surface area contributed by atoms with Gasteiger partial charge in [-0.05, 0) is 24.1 Å². The molecule has 0 fully saturated rings. The summed E-state index contributed by atoms with van der Waals surface area (Å²) in [6.07, 6.45) is 1.75. The Labute approximate surface area is 189 Å². The molecule has 2 rings (SSSR count). The van der Waals surface area contributed by atoms with Crippen LogP contribution in [0, 0.1) is 0 Å². The molecule has 2 N–H and O–H groups in total. The highest BCUT2D eigenvalue weighted by Gasteiger charge is 2.07. The maximum atomic E-state index is 5.35. The van der Waals surface area contributed by atoms with E-state index in [1.807, 2.05) is 18.2 Å². The second-order valence-corrected chi connectivity index (χ2v) is 7.34. The van der Waals surface area contributed by atoms with Crippen LogP contribution in [-0.4, -0.2) is 45.3 Å². The van der Waals surface area contributed by atoms with Crippen LogP contribution < -0.4 is 20.1 Å². The first-order chi connectivity index (χ1) is 13.1. The molecule has 8 heteroatoms. The van der Waals surface area contributed by atoms with Gasteiger partial charge >= 0.3 is 0 Å². The molecule has 0 saturated carbocycles. The minimum Gasteiger partial charge on any atom is -0.493 e. The summed E-state index contributed by atoms with van der Waals surface area (Å²) in [5, 5.41) is 10.0. The van der Waals surface area contributed by atoms with Gasteiger partial charge in [-0.15, -0.1) is 35.3 Å². The number of halogens is 1. The molecular weight excluding hydrogens is 487 g/mol. The van der Waals surface area contributed by atoms with Crippen molar-refractivity contribution in [1.29, 1.82) is 0 Å². The lowest BCUT2D eigenvalue weighted by molar-refractivity contribution is 0.354. The number of ether oxygens (including phenoxy) is 2. The third kappa shape index (κ3) is 7.46. The highest BCUT2D eigenvalue weighted by molar-refractivity contribution is 14.0. The van der Waals surface area contributed by atoms with Gasteiger partial charge in [0, 0.05) is 37.9 Å². The Kier molecular flexibility index (Phi) is 11.2. The number of hydrogen-bond donors (Lipinski definition) is 2. The van der Waals surface area contributed by atoms with Crippen LogP contribution in [0.15, 0.2) is 28.6 Å². The summed E-state index contributed by atoms with van der Waals surface area (Å²) < 4.78 is 10.6. The van der Waals surface area contributed by atoms with E-state index >= 15 is 0 Å². The van der Waals surface area contributed by atoms with Crippen molar-refractivity contribution in [1.82, 2.24) is 15.6 Å². The van der Waals surface area contributed by atoms with Crippen molar-refractivity contribution in [2.45, 2.75) is 32.6 Å². The summed E-state index contributed by atoms with van der Waals surface area (Å²) in [5.74, 6) is 2.79. The summed E-state index contributed by atoms with van der Waals surface area (Å²) in [5.41, 5.74) is 2.32. The number of aromatic nitrogens is 1. The van der Waals surface area contributed by atoms with Crippen LogP contribution in [-0.2, 0) is 12.8 Å². The van der Waals surface area contributed by atoms with Gasteiger partial charge in [0.1, 0.15) is 0 Å². The quantitative estimate of drug-likeness (QED) is 0.300. The fourth-order valence-electron chi connectivity index (χ4n) is 2.59. The van der Waals surface area contributed by atoms with Crippen molar-refractivity contribution in [3.63, 3.8) is 0 Å². The number of nitrogens with zero attached hydrogens (tertiary/aromatic N) is 2. The summed E-state index contributed by atoms with van der Waals surface area (Å²) in [6, 6.07) is 5.99. The molecule has 2 aromatic rings. The van der Waals surface area contributed by atoms with E-state index in [4.69, 9.17) is 9.47 Å². The standard InChI is InChI=1S/C20H30N4O2S.HI/c1-14(2)19-24-16(13-27-19)9-11-23-20(21-3)22-10-8-15-6-7-17(25-4)18(12-15)26-5;/h6-7,12-14H,8-11H2,1-5H3,(H2,21,22,23);1H. The fraction of sp³-hybridized carbons (Fsp3) is 0.500. The zero-order valence-corrected chi connectivity index (χ0v) is 20.4. The summed E-state index contributed by atoms with van der Waals surface area (Å²) >= 11 is 1.74. The Morgan fingerprint density at radius 2 is 1.79 bits per heavy atom. The van der Waals surface area contributed by atoms with E-state index in [9.17, 15) is 0 Å². The minimum atomic E-state index is 0. The lowest BCUT2D eigenvalue weighted by Gasteiger charge is -2.12. The van der Waals surface area contributed by atoms with Crippen molar-refractivity contribution in [3.05, 3.63) is 39.8 Å². The summed E-state index contributed by atoms with van der Waals surface area (Å²) in [4.78, 5) is 8.94. The van der Waals surface area contributed by atoms with Crippen LogP contribution in [0.1, 0.15) is 36.0 Å². The summed E-state index contributed by atoms with van der Waals surface area (Å²) in [6.45, 7) is 5.93. The molecule has 1 aromatic carbocycles. The van der Waals surface area contributed by atoms with E-state index in [1.165, 1.54) is 10.6 Å². The first kappa shape index (κ1) is 24.5. The maximum Gasteiger partial charge on any atom is 0.190 e. The molecule has 1 heterocycles. The van der Waals surface area contributed by atoms with E-state index < -0.39 is 0 Å². The highest BCUT2D eigenvalue weighted by atomic mass is 127. The lowest BCUT2D eigenvalue weighted by atomic mass is 10.1. The maximum absolute atomic E-state index is 5.35. The number of rotatable bonds is 9. The van der Waals surface area contributed by atoms with E-state index in [-0.39, 0.29) is 24.0 Å². The average molecular weight is 518 g/mol. The van der Waals surface area contributed by atoms with E-state index in [2.05, 4.69) is 39.8 Å². The molecule has 0 atom stereocenters. The topological polar surface area (TPSA) is 67.8 Å². The first-order valence-electron chi connectivity index (χ1n) is 9.17. The van der Waals surface area contributed by atoms with Crippen LogP contribution in [0.5, 0.6) is 11.5 Å². The molecule has 156 valence electrons. The number of aliphatic imine (C=N–C) groups is 1. The van der Waals surface area contributed by atoms with Crippen LogP contribution >= 0.6 is 35.3 Å². The molecule has 6 nitrogen and oxygen atoms in total. The van der Waals surface area contributed by atoms with E-state index in [0.717, 1.165) is 49.1 Å². The lowest BCUT2D eigenvalue weighted by Crippen LogP contribution is -2.39. The van der Waals surface area contributed by atoms with E-state index in [0.29, 0.717) is 5.92 Å². The van der Waals surface area contributed by atoms with Crippen LogP contribution in [0.2, 0.25) is 0 Å². The first-order valence-corrected chi connectivity index (χ1v) is 10.0. The number of benzene rings is 1. The monoisotopic (exact) mass is 518 g/mol. The molecule has 0 aliphatic rings. The highest BCUT2D eigenvalue weighted by Crippen LogP contribution is 2.27. The van der Waals surface area contributed by atoms with Crippen molar-refractivity contribution in [2.24, 2.45) is 4.99 Å². The van der Waals surface area contributed by atoms with Gasteiger partial charge < -0.3 is 20.1 Å². The third-order valence-electron chi connectivity index (χ3n) is 4.11. The predicted molar refractivity (Wildman–Crippen MR) is 128 cm³/mol. The molecule has 0 bridgehead atoms. The van der Waals surface area contributed by atoms with Gasteiger partial charge in [-0.1, -0.05) is 19.9 Å². The Morgan fingerprint density at radius 3 is 2.36 bits per heavy atom. The van der Waals surface area contributed by atoms with E-state index in [1.54, 1.807) is 32.6 Å². The molecule has 0 aliphatic heterocycles. The molecule has 0 amide bonds. The molecule has 0 unspecified atom stereocenters. The average Bonchev–Trinajstić information content (AvgIpc) is 3.15. The number of guanidine groups is 1. The van der Waals surface area contributed by atoms with Gasteiger partial charge in [0.2, 0.25) is 0 Å². The third-order valence-corrected chi connectivity index (χ3v) is 5.31. The number of thiazole rings is 1. The predicted octanol–water partition coefficient (Wildman–Crippen LogP) is 3.85. The second kappa shape index (κ2) is 12.8. The Bertz CT molecular complexity index is 750. The molecule has 0 spiro atoms. The summed E-state index contributed by atoms with van der Waals surface area (Å²) in [7, 11) is 5.08. The van der Waals surface area contributed by atoms with Gasteiger partial charge in [0.15, 0.2) is 17.5 Å². The smallest absolute Gasteiger partial charge is 0.190 e. The van der Waals surface area contributed by atoms with Crippen molar-refractivity contribution in [3.8, 4) is 11.5 Å². The Balaban J connectivity index is 0.00000392. The van der Waals surface area contributed by atoms with Crippen molar-refractivity contribution < 1.29 is 9.47 Å². The Hall–Kier alpha value is -1.55. The SMILES string of the molecule is CN=C(NCCc1ccc(OC)c(OC)c1)NCCc1csc(C(C)C)n1.I. The molecule has 28 heavy (non-hydrogen) atoms. The number of methoxy groups -OCH3 is 2. The van der Waals surface area contributed by atoms with Crippen LogP contribution in [0.4, 0.5) is 0 Å². The number of hydrogen-bond acceptors (Lipinski definition) is 5. The largest absolute Gasteiger partial charge is 0.493 e. The van der Waals surface area contributed by atoms with Crippen LogP contribution in [0.25, 0.3) is 0 Å². The molecule has 0 radical (unpaired) electrons. The zero-order chi connectivity index (χ0) is 19.6. The minimum absolute atomic E-state index is 0.